The van der Waals surface area contributed by atoms with Crippen LogP contribution < -0.4 is 14.8 Å². The molecule has 0 aliphatic carbocycles. The average molecular weight is 334 g/mol. The summed E-state index contributed by atoms with van der Waals surface area (Å²) >= 11 is 1.68. The van der Waals surface area contributed by atoms with Crippen molar-refractivity contribution in [2.45, 2.75) is 5.37 Å². The van der Waals surface area contributed by atoms with Gasteiger partial charge < -0.3 is 24.1 Å². The highest BCUT2D eigenvalue weighted by Gasteiger charge is 2.32. The molecule has 0 saturated carbocycles. The lowest BCUT2D eigenvalue weighted by atomic mass is 10.2. The minimum Gasteiger partial charge on any atom is -0.497 e. The Kier molecular flexibility index (Phi) is 4.66. The van der Waals surface area contributed by atoms with E-state index in [9.17, 15) is 4.79 Å². The Bertz CT molecular complexity index is 675. The summed E-state index contributed by atoms with van der Waals surface area (Å²) in [5.41, 5.74) is 0.605. The second-order valence-electron chi connectivity index (χ2n) is 4.93. The summed E-state index contributed by atoms with van der Waals surface area (Å²) in [7, 11) is 3.14. The number of urea groups is 1. The molecule has 1 atom stereocenters. The first-order valence-corrected chi connectivity index (χ1v) is 8.22. The third-order valence-corrected chi connectivity index (χ3v) is 4.81. The molecule has 0 radical (unpaired) electrons. The molecule has 1 saturated heterocycles. The quantitative estimate of drug-likeness (QED) is 0.926. The topological polar surface area (TPSA) is 63.9 Å². The fourth-order valence-electron chi connectivity index (χ4n) is 2.43. The third kappa shape index (κ3) is 3.24. The minimum atomic E-state index is -0.181. The zero-order valence-electron chi connectivity index (χ0n) is 12.9. The molecule has 23 heavy (non-hydrogen) atoms. The number of hydrogen-bond donors (Lipinski definition) is 1. The van der Waals surface area contributed by atoms with Crippen molar-refractivity contribution in [3.8, 4) is 11.5 Å². The number of nitrogens with one attached hydrogen (secondary N) is 1. The normalized spacial score (nSPS) is 17.1. The molecule has 6 nitrogen and oxygen atoms in total. The van der Waals surface area contributed by atoms with Crippen LogP contribution in [0.1, 0.15) is 11.1 Å². The molecule has 1 aliphatic heterocycles. The minimum absolute atomic E-state index is 0.103. The number of methoxy groups -OCH3 is 2. The first kappa shape index (κ1) is 15.6. The summed E-state index contributed by atoms with van der Waals surface area (Å²) in [6.45, 7) is 0.667. The van der Waals surface area contributed by atoms with Crippen molar-refractivity contribution in [1.29, 1.82) is 0 Å². The predicted molar refractivity (Wildman–Crippen MR) is 89.2 cm³/mol. The van der Waals surface area contributed by atoms with Crippen molar-refractivity contribution in [2.24, 2.45) is 0 Å². The third-order valence-electron chi connectivity index (χ3n) is 3.59. The smallest absolute Gasteiger partial charge is 0.323 e. The number of carbonyl (C=O) groups is 1. The zero-order chi connectivity index (χ0) is 16.2. The largest absolute Gasteiger partial charge is 0.497 e. The van der Waals surface area contributed by atoms with Gasteiger partial charge in [0, 0.05) is 18.4 Å². The van der Waals surface area contributed by atoms with E-state index >= 15 is 0 Å². The van der Waals surface area contributed by atoms with Crippen LogP contribution in [0.3, 0.4) is 0 Å². The van der Waals surface area contributed by atoms with E-state index < -0.39 is 0 Å². The maximum atomic E-state index is 12.6. The number of carbonyl (C=O) groups excluding carboxylic acids is 1. The van der Waals surface area contributed by atoms with Gasteiger partial charge >= 0.3 is 6.03 Å². The Balaban J connectivity index is 1.76. The lowest BCUT2D eigenvalue weighted by Crippen LogP contribution is -2.34. The van der Waals surface area contributed by atoms with Crippen molar-refractivity contribution in [1.82, 2.24) is 4.90 Å². The van der Waals surface area contributed by atoms with Crippen molar-refractivity contribution in [3.63, 3.8) is 0 Å². The van der Waals surface area contributed by atoms with E-state index in [1.165, 1.54) is 0 Å². The molecule has 1 N–H and O–H groups in total. The van der Waals surface area contributed by atoms with Crippen LogP contribution in [0.2, 0.25) is 0 Å². The fraction of sp³-hybridized carbons (Fsp3) is 0.312. The van der Waals surface area contributed by atoms with Crippen LogP contribution in [0, 0.1) is 0 Å². The molecule has 2 heterocycles. The number of ether oxygens (including phenoxy) is 2. The van der Waals surface area contributed by atoms with Gasteiger partial charge in [-0.2, -0.15) is 0 Å². The van der Waals surface area contributed by atoms with Crippen molar-refractivity contribution < 1.29 is 18.7 Å². The molecule has 1 unspecified atom stereocenters. The molecule has 1 aromatic carbocycles. The summed E-state index contributed by atoms with van der Waals surface area (Å²) in [6.07, 6.45) is 1.62. The maximum absolute atomic E-state index is 12.6. The van der Waals surface area contributed by atoms with E-state index in [1.54, 1.807) is 55.3 Å². The van der Waals surface area contributed by atoms with E-state index in [0.29, 0.717) is 23.7 Å². The Morgan fingerprint density at radius 2 is 2.22 bits per heavy atom. The number of benzene rings is 1. The van der Waals surface area contributed by atoms with E-state index in [1.807, 2.05) is 12.1 Å². The van der Waals surface area contributed by atoms with E-state index in [2.05, 4.69) is 5.32 Å². The number of rotatable bonds is 4. The number of furan rings is 1. The fourth-order valence-corrected chi connectivity index (χ4v) is 3.64. The van der Waals surface area contributed by atoms with Crippen LogP contribution in [0.25, 0.3) is 0 Å². The lowest BCUT2D eigenvalue weighted by molar-refractivity contribution is 0.209. The standard InChI is InChI=1S/C16H18N2O4S/c1-20-11-5-6-12(14(10-11)21-2)17-16(19)18-7-9-23-15(18)13-4-3-8-22-13/h3-6,8,10,15H,7,9H2,1-2H3,(H,17,19). The van der Waals surface area contributed by atoms with Gasteiger partial charge in [-0.15, -0.1) is 11.8 Å². The van der Waals surface area contributed by atoms with Crippen LogP contribution in [-0.4, -0.2) is 37.4 Å². The summed E-state index contributed by atoms with van der Waals surface area (Å²) in [6, 6.07) is 8.81. The van der Waals surface area contributed by atoms with Crippen LogP contribution >= 0.6 is 11.8 Å². The first-order chi connectivity index (χ1) is 11.2. The molecule has 3 rings (SSSR count). The highest BCUT2D eigenvalue weighted by Crippen LogP contribution is 2.39. The maximum Gasteiger partial charge on any atom is 0.323 e. The van der Waals surface area contributed by atoms with E-state index in [4.69, 9.17) is 13.9 Å². The van der Waals surface area contributed by atoms with Crippen molar-refractivity contribution in [3.05, 3.63) is 42.4 Å². The molecule has 7 heteroatoms. The highest BCUT2D eigenvalue weighted by atomic mass is 32.2. The Hall–Kier alpha value is -2.28. The van der Waals surface area contributed by atoms with Gasteiger partial charge in [0.1, 0.15) is 22.6 Å². The van der Waals surface area contributed by atoms with Gasteiger partial charge in [0.15, 0.2) is 0 Å². The molecule has 1 aliphatic rings. The van der Waals surface area contributed by atoms with Gasteiger partial charge in [0.05, 0.1) is 26.2 Å². The molecule has 2 aromatic rings. The van der Waals surface area contributed by atoms with Crippen molar-refractivity contribution >= 4 is 23.5 Å². The summed E-state index contributed by atoms with van der Waals surface area (Å²) in [4.78, 5) is 14.4. The van der Waals surface area contributed by atoms with Crippen LogP contribution in [-0.2, 0) is 0 Å². The van der Waals surface area contributed by atoms with Crippen LogP contribution in [0.4, 0.5) is 10.5 Å². The predicted octanol–water partition coefficient (Wildman–Crippen LogP) is 3.58. The summed E-state index contributed by atoms with van der Waals surface area (Å²) in [5.74, 6) is 2.88. The molecular formula is C16H18N2O4S. The van der Waals surface area contributed by atoms with Crippen LogP contribution in [0.5, 0.6) is 11.5 Å². The molecule has 0 spiro atoms. The zero-order valence-corrected chi connectivity index (χ0v) is 13.8. The van der Waals surface area contributed by atoms with Gasteiger partial charge in [-0.25, -0.2) is 4.79 Å². The highest BCUT2D eigenvalue weighted by molar-refractivity contribution is 7.99. The molecule has 1 fully saturated rings. The van der Waals surface area contributed by atoms with Crippen molar-refractivity contribution in [2.75, 3.05) is 31.8 Å². The lowest BCUT2D eigenvalue weighted by Gasteiger charge is -2.23. The molecule has 0 bridgehead atoms. The second kappa shape index (κ2) is 6.87. The number of nitrogens with zero attached hydrogens (tertiary/aromatic N) is 1. The van der Waals surface area contributed by atoms with E-state index in [-0.39, 0.29) is 11.4 Å². The number of hydrogen-bond acceptors (Lipinski definition) is 5. The first-order valence-electron chi connectivity index (χ1n) is 7.17. The monoisotopic (exact) mass is 334 g/mol. The van der Waals surface area contributed by atoms with Gasteiger partial charge in [-0.1, -0.05) is 0 Å². The second-order valence-corrected chi connectivity index (χ2v) is 6.12. The number of anilines is 1. The van der Waals surface area contributed by atoms with Gasteiger partial charge in [-0.3, -0.25) is 0 Å². The molecule has 122 valence electrons. The number of thioether (sulfide) groups is 1. The summed E-state index contributed by atoms with van der Waals surface area (Å²) in [5, 5.41) is 2.80. The summed E-state index contributed by atoms with van der Waals surface area (Å²) < 4.78 is 15.9. The van der Waals surface area contributed by atoms with Gasteiger partial charge in [0.25, 0.3) is 0 Å². The SMILES string of the molecule is COc1ccc(NC(=O)N2CCSC2c2ccco2)c(OC)c1. The molecule has 1 aromatic heterocycles. The van der Waals surface area contributed by atoms with Crippen LogP contribution in [0.15, 0.2) is 41.0 Å². The number of amides is 2. The van der Waals surface area contributed by atoms with Gasteiger partial charge in [-0.05, 0) is 24.3 Å². The Labute approximate surface area is 138 Å². The average Bonchev–Trinajstić information content (AvgIpc) is 3.25. The van der Waals surface area contributed by atoms with E-state index in [0.717, 1.165) is 11.5 Å². The molecule has 2 amide bonds. The molecular weight excluding hydrogens is 316 g/mol. The Morgan fingerprint density at radius 1 is 1.35 bits per heavy atom. The van der Waals surface area contributed by atoms with Gasteiger partial charge in [0.2, 0.25) is 0 Å². The Morgan fingerprint density at radius 3 is 2.91 bits per heavy atom.